The zero-order chi connectivity index (χ0) is 29.4. The van der Waals surface area contributed by atoms with Gasteiger partial charge in [0.05, 0.1) is 10.4 Å². The lowest BCUT2D eigenvalue weighted by molar-refractivity contribution is -0.138. The van der Waals surface area contributed by atoms with Crippen molar-refractivity contribution in [1.82, 2.24) is 15.2 Å². The minimum atomic E-state index is -3.72. The van der Waals surface area contributed by atoms with Crippen molar-refractivity contribution in [2.45, 2.75) is 56.6 Å². The van der Waals surface area contributed by atoms with Gasteiger partial charge >= 0.3 is 0 Å². The molecule has 10 heteroatoms. The molecule has 1 aliphatic heterocycles. The quantitative estimate of drug-likeness (QED) is 0.255. The van der Waals surface area contributed by atoms with E-state index < -0.39 is 27.5 Å². The number of para-hydroxylation sites is 1. The van der Waals surface area contributed by atoms with Crippen molar-refractivity contribution in [3.63, 3.8) is 0 Å². The first kappa shape index (κ1) is 28.4. The highest BCUT2D eigenvalue weighted by Crippen LogP contribution is 2.26. The van der Waals surface area contributed by atoms with Crippen LogP contribution in [0.3, 0.4) is 0 Å². The lowest BCUT2D eigenvalue weighted by Gasteiger charge is -2.33. The number of carbonyl (C=O) groups is 2. The first-order valence-electron chi connectivity index (χ1n) is 13.6. The highest BCUT2D eigenvalue weighted by Gasteiger charge is 2.32. The van der Waals surface area contributed by atoms with Gasteiger partial charge in [0.1, 0.15) is 6.04 Å². The Morgan fingerprint density at radius 1 is 1.05 bits per heavy atom. The zero-order valence-corrected chi connectivity index (χ0v) is 24.2. The molecule has 5 rings (SSSR count). The van der Waals surface area contributed by atoms with Gasteiger partial charge in [-0.15, -0.1) is 0 Å². The lowest BCUT2D eigenvalue weighted by Crippen LogP contribution is -2.57. The summed E-state index contributed by atoms with van der Waals surface area (Å²) >= 11 is 0. The lowest BCUT2D eigenvalue weighted by atomic mass is 9.97. The second-order valence-electron chi connectivity index (χ2n) is 11.2. The molecule has 2 amide bonds. The number of nitrogens with two attached hydrogens (primary N) is 1. The summed E-state index contributed by atoms with van der Waals surface area (Å²) in [6.45, 7) is 5.91. The fraction of sp³-hybridized carbons (Fsp3) is 0.290. The molecule has 0 saturated carbocycles. The maximum atomic E-state index is 13.8. The van der Waals surface area contributed by atoms with Crippen LogP contribution in [0.5, 0.6) is 0 Å². The zero-order valence-electron chi connectivity index (χ0n) is 23.4. The summed E-state index contributed by atoms with van der Waals surface area (Å²) in [7, 11) is -3.72. The smallest absolute Gasteiger partial charge is 0.261 e. The molecule has 1 aromatic heterocycles. The van der Waals surface area contributed by atoms with E-state index in [0.717, 1.165) is 33.2 Å². The van der Waals surface area contributed by atoms with E-state index in [0.29, 0.717) is 31.6 Å². The Bertz CT molecular complexity index is 1700. The Labute approximate surface area is 240 Å². The Hall–Kier alpha value is -4.15. The first-order valence-corrected chi connectivity index (χ1v) is 15.0. The van der Waals surface area contributed by atoms with Gasteiger partial charge in [0, 0.05) is 42.3 Å². The van der Waals surface area contributed by atoms with Gasteiger partial charge in [0.2, 0.25) is 11.8 Å². The topological polar surface area (TPSA) is 137 Å². The molecule has 41 heavy (non-hydrogen) atoms. The van der Waals surface area contributed by atoms with Crippen LogP contribution in [-0.2, 0) is 39.0 Å². The predicted octanol–water partition coefficient (Wildman–Crippen LogP) is 3.63. The summed E-state index contributed by atoms with van der Waals surface area (Å²) in [4.78, 5) is 31.9. The fourth-order valence-corrected chi connectivity index (χ4v) is 6.07. The molecule has 0 bridgehead atoms. The molecule has 9 nitrogen and oxygen atoms in total. The largest absolute Gasteiger partial charge is 0.361 e. The maximum Gasteiger partial charge on any atom is 0.261 e. The van der Waals surface area contributed by atoms with E-state index >= 15 is 0 Å². The first-order chi connectivity index (χ1) is 19.4. The van der Waals surface area contributed by atoms with Gasteiger partial charge in [-0.2, -0.15) is 0 Å². The molecule has 4 aromatic rings. The summed E-state index contributed by atoms with van der Waals surface area (Å²) in [5.41, 5.74) is 10.1. The van der Waals surface area contributed by atoms with Crippen LogP contribution in [0, 0.1) is 6.92 Å². The molecule has 5 N–H and O–H groups in total. The summed E-state index contributed by atoms with van der Waals surface area (Å²) in [5.74, 6) is -0.596. The number of hydrogen-bond acceptors (Lipinski definition) is 5. The van der Waals surface area contributed by atoms with Crippen LogP contribution in [0.4, 0.5) is 5.69 Å². The Kier molecular flexibility index (Phi) is 7.63. The van der Waals surface area contributed by atoms with E-state index in [9.17, 15) is 18.0 Å². The highest BCUT2D eigenvalue weighted by molar-refractivity contribution is 7.92. The molecular formula is C31H35N5O4S. The molecule has 0 spiro atoms. The van der Waals surface area contributed by atoms with Gasteiger partial charge in [0.15, 0.2) is 0 Å². The van der Waals surface area contributed by atoms with Crippen molar-refractivity contribution in [3.05, 3.63) is 95.2 Å². The Morgan fingerprint density at radius 3 is 2.51 bits per heavy atom. The molecule has 0 aliphatic carbocycles. The van der Waals surface area contributed by atoms with Crippen molar-refractivity contribution in [2.75, 3.05) is 11.3 Å². The molecule has 0 radical (unpaired) electrons. The second kappa shape index (κ2) is 11.0. The van der Waals surface area contributed by atoms with Gasteiger partial charge in [-0.05, 0) is 74.2 Å². The van der Waals surface area contributed by atoms with Crippen molar-refractivity contribution in [1.29, 1.82) is 0 Å². The van der Waals surface area contributed by atoms with Crippen LogP contribution < -0.4 is 15.8 Å². The molecule has 0 fully saturated rings. The van der Waals surface area contributed by atoms with Gasteiger partial charge in [0.25, 0.3) is 10.0 Å². The monoisotopic (exact) mass is 573 g/mol. The number of anilines is 1. The molecule has 214 valence electrons. The number of aromatic nitrogens is 1. The van der Waals surface area contributed by atoms with Gasteiger partial charge in [-0.25, -0.2) is 8.42 Å². The summed E-state index contributed by atoms with van der Waals surface area (Å²) in [6, 6.07) is 19.1. The number of sulfonamides is 1. The average molecular weight is 574 g/mol. The van der Waals surface area contributed by atoms with Gasteiger partial charge < -0.3 is 20.9 Å². The number of H-pyrrole nitrogens is 1. The van der Waals surface area contributed by atoms with E-state index in [4.69, 9.17) is 5.73 Å². The number of nitrogens with zero attached hydrogens (tertiary/aromatic N) is 1. The molecular weight excluding hydrogens is 538 g/mol. The predicted molar refractivity (Wildman–Crippen MR) is 160 cm³/mol. The summed E-state index contributed by atoms with van der Waals surface area (Å²) < 4.78 is 28.4. The SMILES string of the molecule is Cc1ccc(S(=O)(=O)Nc2ccc3c(c2)CCN(C(=O)[C@@H](Cc2c[nH]c4ccccc24)NC(=O)C(C)(C)N)C3)cc1. The molecule has 1 atom stereocenters. The molecule has 0 saturated heterocycles. The van der Waals surface area contributed by atoms with Gasteiger partial charge in [-0.1, -0.05) is 42.0 Å². The normalized spacial score (nSPS) is 14.4. The van der Waals surface area contributed by atoms with Crippen molar-refractivity contribution in [2.24, 2.45) is 5.73 Å². The Balaban J connectivity index is 1.34. The van der Waals surface area contributed by atoms with E-state index in [-0.39, 0.29) is 10.8 Å². The molecule has 2 heterocycles. The molecule has 0 unspecified atom stereocenters. The molecule has 3 aromatic carbocycles. The Morgan fingerprint density at radius 2 is 1.78 bits per heavy atom. The third-order valence-corrected chi connectivity index (χ3v) is 8.80. The van der Waals surface area contributed by atoms with E-state index in [1.54, 1.807) is 49.1 Å². The van der Waals surface area contributed by atoms with Crippen LogP contribution in [0.25, 0.3) is 10.9 Å². The van der Waals surface area contributed by atoms with Crippen LogP contribution in [0.15, 0.2) is 77.8 Å². The second-order valence-corrected chi connectivity index (χ2v) is 12.9. The standard InChI is InChI=1S/C31H35N5O4S/c1-20-8-12-25(13-9-20)41(39,40)35-24-11-10-22-19-36(15-14-21(22)16-24)29(37)28(34-30(38)31(2,3)32)17-23-18-33-27-7-5-4-6-26(23)27/h4-13,16,18,28,33,35H,14-15,17,19,32H2,1-3H3,(H,34,38)/t28-/m1/s1. The number of benzene rings is 3. The summed E-state index contributed by atoms with van der Waals surface area (Å²) in [5, 5.41) is 3.89. The van der Waals surface area contributed by atoms with Crippen LogP contribution in [0.1, 0.15) is 36.1 Å². The van der Waals surface area contributed by atoms with E-state index in [1.165, 1.54) is 0 Å². The number of rotatable bonds is 8. The fourth-order valence-electron chi connectivity index (χ4n) is 5.02. The molecule has 1 aliphatic rings. The third kappa shape index (κ3) is 6.28. The maximum absolute atomic E-state index is 13.8. The number of aryl methyl sites for hydroxylation is 1. The number of hydrogen-bond donors (Lipinski definition) is 4. The third-order valence-electron chi connectivity index (χ3n) is 7.40. The minimum Gasteiger partial charge on any atom is -0.361 e. The number of aromatic amines is 1. The van der Waals surface area contributed by atoms with Crippen molar-refractivity contribution >= 4 is 38.4 Å². The number of fused-ring (bicyclic) bond motifs is 2. The van der Waals surface area contributed by atoms with E-state index in [2.05, 4.69) is 15.0 Å². The minimum absolute atomic E-state index is 0.192. The van der Waals surface area contributed by atoms with Crippen LogP contribution in [0.2, 0.25) is 0 Å². The highest BCUT2D eigenvalue weighted by atomic mass is 32.2. The van der Waals surface area contributed by atoms with Crippen molar-refractivity contribution in [3.8, 4) is 0 Å². The van der Waals surface area contributed by atoms with Crippen LogP contribution in [-0.4, -0.2) is 48.2 Å². The van der Waals surface area contributed by atoms with Crippen molar-refractivity contribution < 1.29 is 18.0 Å². The van der Waals surface area contributed by atoms with Crippen LogP contribution >= 0.6 is 0 Å². The average Bonchev–Trinajstić information content (AvgIpc) is 3.34. The number of amides is 2. The summed E-state index contributed by atoms with van der Waals surface area (Å²) in [6.07, 6.45) is 2.74. The number of nitrogens with one attached hydrogen (secondary N) is 3. The van der Waals surface area contributed by atoms with Gasteiger partial charge in [-0.3, -0.25) is 14.3 Å². The van der Waals surface area contributed by atoms with E-state index in [1.807, 2.05) is 49.5 Å². The number of carbonyl (C=O) groups excluding carboxylic acids is 2.